The molecule has 1 aromatic carbocycles. The largest absolute Gasteiger partial charge is 0.486 e. The average Bonchev–Trinajstić information content (AvgIpc) is 3.04. The molecule has 8 heteroatoms. The molecule has 25 heavy (non-hydrogen) atoms. The van der Waals surface area contributed by atoms with Crippen molar-refractivity contribution in [3.8, 4) is 11.5 Å². The van der Waals surface area contributed by atoms with E-state index in [4.69, 9.17) is 9.47 Å². The van der Waals surface area contributed by atoms with Crippen molar-refractivity contribution in [2.45, 2.75) is 6.42 Å². The van der Waals surface area contributed by atoms with Crippen LogP contribution in [0, 0.1) is 5.92 Å². The lowest BCUT2D eigenvalue weighted by Gasteiger charge is -2.22. The number of hydrogen-bond donors (Lipinski definition) is 1. The number of nitrogens with zero attached hydrogens (tertiary/aromatic N) is 3. The van der Waals surface area contributed by atoms with Crippen molar-refractivity contribution in [2.24, 2.45) is 5.92 Å². The van der Waals surface area contributed by atoms with Crippen molar-refractivity contribution in [3.63, 3.8) is 0 Å². The zero-order chi connectivity index (χ0) is 17.2. The number of anilines is 2. The van der Waals surface area contributed by atoms with Crippen LogP contribution in [0.25, 0.3) is 0 Å². The van der Waals surface area contributed by atoms with Gasteiger partial charge in [0, 0.05) is 30.9 Å². The number of benzene rings is 1. The minimum atomic E-state index is -0.442. The fourth-order valence-corrected chi connectivity index (χ4v) is 2.93. The molecule has 128 valence electrons. The molecule has 0 saturated carbocycles. The lowest BCUT2D eigenvalue weighted by atomic mass is 10.1. The second-order valence-corrected chi connectivity index (χ2v) is 5.83. The van der Waals surface area contributed by atoms with E-state index in [2.05, 4.69) is 15.5 Å². The van der Waals surface area contributed by atoms with Crippen LogP contribution in [0.15, 0.2) is 36.5 Å². The highest BCUT2D eigenvalue weighted by molar-refractivity contribution is 6.03. The van der Waals surface area contributed by atoms with Gasteiger partial charge >= 0.3 is 0 Å². The molecule has 1 fully saturated rings. The Bertz CT molecular complexity index is 812. The fourth-order valence-electron chi connectivity index (χ4n) is 2.93. The summed E-state index contributed by atoms with van der Waals surface area (Å²) in [4.78, 5) is 26.3. The Morgan fingerprint density at radius 2 is 2.04 bits per heavy atom. The molecular weight excluding hydrogens is 324 g/mol. The van der Waals surface area contributed by atoms with Crippen molar-refractivity contribution in [3.05, 3.63) is 36.5 Å². The summed E-state index contributed by atoms with van der Waals surface area (Å²) in [6.07, 6.45) is 1.68. The Balaban J connectivity index is 1.48. The predicted molar refractivity (Wildman–Crippen MR) is 88.6 cm³/mol. The van der Waals surface area contributed by atoms with E-state index in [1.165, 1.54) is 6.20 Å². The molecule has 0 radical (unpaired) electrons. The van der Waals surface area contributed by atoms with E-state index in [1.54, 1.807) is 35.2 Å². The van der Waals surface area contributed by atoms with Crippen LogP contribution in [0.3, 0.4) is 0 Å². The number of nitrogens with one attached hydrogen (secondary N) is 1. The van der Waals surface area contributed by atoms with E-state index in [1.807, 2.05) is 0 Å². The predicted octanol–water partition coefficient (Wildman–Crippen LogP) is 1.24. The summed E-state index contributed by atoms with van der Waals surface area (Å²) in [5, 5.41) is 10.2. The summed E-state index contributed by atoms with van der Waals surface area (Å²) in [5.74, 6) is 0.868. The number of aromatic nitrogens is 2. The van der Waals surface area contributed by atoms with Gasteiger partial charge in [0.05, 0.1) is 5.92 Å². The first-order valence-electron chi connectivity index (χ1n) is 7.99. The molecule has 2 aromatic rings. The van der Waals surface area contributed by atoms with Crippen LogP contribution in [-0.4, -0.2) is 41.8 Å². The Morgan fingerprint density at radius 3 is 2.84 bits per heavy atom. The standard InChI is InChI=1S/C17H16N4O4/c22-16-8-11(17(23)19-15-2-1-5-18-20-15)10-21(16)12-3-4-13-14(9-12)25-7-6-24-13/h1-5,9,11H,6-8,10H2,(H,19,20,23). The molecule has 0 bridgehead atoms. The average molecular weight is 340 g/mol. The molecule has 1 saturated heterocycles. The van der Waals surface area contributed by atoms with Gasteiger partial charge < -0.3 is 19.7 Å². The summed E-state index contributed by atoms with van der Waals surface area (Å²) >= 11 is 0. The van der Waals surface area contributed by atoms with Gasteiger partial charge in [0.1, 0.15) is 13.2 Å². The lowest BCUT2D eigenvalue weighted by molar-refractivity contribution is -0.122. The molecule has 2 aliphatic rings. The lowest BCUT2D eigenvalue weighted by Crippen LogP contribution is -2.28. The Labute approximate surface area is 143 Å². The smallest absolute Gasteiger partial charge is 0.231 e. The SMILES string of the molecule is O=C(Nc1cccnn1)C1CC(=O)N(c2ccc3c(c2)OCCO3)C1. The van der Waals surface area contributed by atoms with E-state index in [0.717, 1.165) is 0 Å². The first kappa shape index (κ1) is 15.4. The highest BCUT2D eigenvalue weighted by atomic mass is 16.6. The van der Waals surface area contributed by atoms with Gasteiger partial charge in [-0.15, -0.1) is 5.10 Å². The molecule has 0 aliphatic carbocycles. The van der Waals surface area contributed by atoms with Gasteiger partial charge in [-0.3, -0.25) is 9.59 Å². The first-order chi connectivity index (χ1) is 12.2. The van der Waals surface area contributed by atoms with Gasteiger partial charge in [-0.2, -0.15) is 5.10 Å². The summed E-state index contributed by atoms with van der Waals surface area (Å²) in [5.41, 5.74) is 0.698. The van der Waals surface area contributed by atoms with Crippen LogP contribution in [0.1, 0.15) is 6.42 Å². The van der Waals surface area contributed by atoms with Crippen molar-refractivity contribution in [1.82, 2.24) is 10.2 Å². The van der Waals surface area contributed by atoms with Gasteiger partial charge in [0.25, 0.3) is 0 Å². The minimum absolute atomic E-state index is 0.101. The van der Waals surface area contributed by atoms with Gasteiger partial charge in [-0.1, -0.05) is 0 Å². The zero-order valence-corrected chi connectivity index (χ0v) is 13.3. The number of rotatable bonds is 3. The maximum Gasteiger partial charge on any atom is 0.231 e. The summed E-state index contributed by atoms with van der Waals surface area (Å²) < 4.78 is 11.0. The van der Waals surface area contributed by atoms with Crippen LogP contribution in [0.5, 0.6) is 11.5 Å². The third-order valence-corrected chi connectivity index (χ3v) is 4.16. The monoisotopic (exact) mass is 340 g/mol. The summed E-state index contributed by atoms with van der Waals surface area (Å²) in [7, 11) is 0. The van der Waals surface area contributed by atoms with E-state index >= 15 is 0 Å². The quantitative estimate of drug-likeness (QED) is 0.903. The molecule has 0 spiro atoms. The van der Waals surface area contributed by atoms with Gasteiger partial charge in [-0.05, 0) is 24.3 Å². The number of hydrogen-bond acceptors (Lipinski definition) is 6. The van der Waals surface area contributed by atoms with Crippen LogP contribution in [-0.2, 0) is 9.59 Å². The molecule has 2 amide bonds. The molecule has 4 rings (SSSR count). The topological polar surface area (TPSA) is 93.7 Å². The number of amides is 2. The fraction of sp³-hybridized carbons (Fsp3) is 0.294. The third kappa shape index (κ3) is 3.10. The van der Waals surface area contributed by atoms with Crippen LogP contribution in [0.4, 0.5) is 11.5 Å². The van der Waals surface area contributed by atoms with Crippen molar-refractivity contribution < 1.29 is 19.1 Å². The normalized spacial score (nSPS) is 19.0. The maximum absolute atomic E-state index is 12.4. The number of fused-ring (bicyclic) bond motifs is 1. The molecule has 8 nitrogen and oxygen atoms in total. The number of carbonyl (C=O) groups is 2. The number of ether oxygens (including phenoxy) is 2. The van der Waals surface area contributed by atoms with Crippen molar-refractivity contribution in [2.75, 3.05) is 30.0 Å². The minimum Gasteiger partial charge on any atom is -0.486 e. The van der Waals surface area contributed by atoms with Crippen molar-refractivity contribution in [1.29, 1.82) is 0 Å². The zero-order valence-electron chi connectivity index (χ0n) is 13.3. The molecular formula is C17H16N4O4. The van der Waals surface area contributed by atoms with Crippen LogP contribution in [0.2, 0.25) is 0 Å². The maximum atomic E-state index is 12.4. The highest BCUT2D eigenvalue weighted by Gasteiger charge is 2.35. The van der Waals surface area contributed by atoms with Crippen LogP contribution < -0.4 is 19.7 Å². The van der Waals surface area contributed by atoms with Crippen molar-refractivity contribution >= 4 is 23.3 Å². The Morgan fingerprint density at radius 1 is 1.20 bits per heavy atom. The van der Waals surface area contributed by atoms with Gasteiger partial charge in [-0.25, -0.2) is 0 Å². The molecule has 3 heterocycles. The molecule has 1 atom stereocenters. The third-order valence-electron chi connectivity index (χ3n) is 4.16. The second-order valence-electron chi connectivity index (χ2n) is 5.83. The summed E-state index contributed by atoms with van der Waals surface area (Å²) in [6, 6.07) is 8.69. The Kier molecular flexibility index (Phi) is 3.93. The molecule has 1 unspecified atom stereocenters. The van der Waals surface area contributed by atoms with Gasteiger partial charge in [0.15, 0.2) is 17.3 Å². The van der Waals surface area contributed by atoms with E-state index in [9.17, 15) is 9.59 Å². The molecule has 2 aliphatic heterocycles. The van der Waals surface area contributed by atoms with E-state index < -0.39 is 5.92 Å². The Hall–Kier alpha value is -3.16. The molecule has 1 aromatic heterocycles. The van der Waals surface area contributed by atoms with E-state index in [0.29, 0.717) is 42.8 Å². The molecule has 1 N–H and O–H groups in total. The van der Waals surface area contributed by atoms with Gasteiger partial charge in [0.2, 0.25) is 11.8 Å². The first-order valence-corrected chi connectivity index (χ1v) is 7.99. The summed E-state index contributed by atoms with van der Waals surface area (Å²) in [6.45, 7) is 1.30. The number of carbonyl (C=O) groups excluding carboxylic acids is 2. The van der Waals surface area contributed by atoms with Crippen LogP contribution >= 0.6 is 0 Å². The second kappa shape index (κ2) is 6.39. The van der Waals surface area contributed by atoms with E-state index in [-0.39, 0.29) is 18.2 Å². The highest BCUT2D eigenvalue weighted by Crippen LogP contribution is 2.36.